The summed E-state index contributed by atoms with van der Waals surface area (Å²) in [6.07, 6.45) is 7.90. The van der Waals surface area contributed by atoms with E-state index in [9.17, 15) is 0 Å². The van der Waals surface area contributed by atoms with Crippen molar-refractivity contribution in [1.82, 2.24) is 0 Å². The summed E-state index contributed by atoms with van der Waals surface area (Å²) in [4.78, 5) is 15.3. The molecule has 0 aromatic heterocycles. The van der Waals surface area contributed by atoms with Crippen molar-refractivity contribution < 1.29 is 0 Å². The van der Waals surface area contributed by atoms with Gasteiger partial charge in [-0.25, -0.2) is 4.99 Å². The summed E-state index contributed by atoms with van der Waals surface area (Å²) in [6.45, 7) is 12.4. The van der Waals surface area contributed by atoms with Crippen LogP contribution in [0.15, 0.2) is 204 Å². The van der Waals surface area contributed by atoms with Crippen LogP contribution in [0.4, 0.5) is 5.69 Å². The molecule has 0 bridgehead atoms. The number of hydrogen-bond donors (Lipinski definition) is 0. The zero-order valence-corrected chi connectivity index (χ0v) is 34.7. The zero-order chi connectivity index (χ0) is 41.7. The maximum absolute atomic E-state index is 5.30. The number of hydrogen-bond acceptors (Lipinski definition) is 2. The fourth-order valence-electron chi connectivity index (χ4n) is 8.43. The first kappa shape index (κ1) is 39.0. The highest BCUT2D eigenvalue weighted by atomic mass is 14.9. The molecular formula is C58H47N3. The van der Waals surface area contributed by atoms with Crippen LogP contribution in [0.5, 0.6) is 0 Å². The van der Waals surface area contributed by atoms with Crippen LogP contribution < -0.4 is 0 Å². The molecular weight excluding hydrogens is 739 g/mol. The minimum absolute atomic E-state index is 0.0690. The van der Waals surface area contributed by atoms with E-state index in [1.165, 1.54) is 27.5 Å². The first-order chi connectivity index (χ1) is 30.0. The van der Waals surface area contributed by atoms with Gasteiger partial charge >= 0.3 is 0 Å². The third-order valence-electron chi connectivity index (χ3n) is 11.7. The van der Waals surface area contributed by atoms with Gasteiger partial charge in [-0.2, -0.15) is 0 Å². The van der Waals surface area contributed by atoms with E-state index < -0.39 is 0 Å². The average Bonchev–Trinajstić information content (AvgIpc) is 3.33. The number of aliphatic imine (C=N–C) groups is 3. The summed E-state index contributed by atoms with van der Waals surface area (Å²) >= 11 is 0. The molecule has 3 nitrogen and oxygen atoms in total. The van der Waals surface area contributed by atoms with Crippen molar-refractivity contribution in [2.75, 3.05) is 0 Å². The van der Waals surface area contributed by atoms with Crippen LogP contribution in [0.2, 0.25) is 0 Å². The molecule has 61 heavy (non-hydrogen) atoms. The smallest absolute Gasteiger partial charge is 0.155 e. The van der Waals surface area contributed by atoms with Crippen LogP contribution in [-0.4, -0.2) is 17.8 Å². The van der Waals surface area contributed by atoms with E-state index in [4.69, 9.17) is 15.0 Å². The Bertz CT molecular complexity index is 2990. The first-order valence-electron chi connectivity index (χ1n) is 21.0. The Balaban J connectivity index is 1.15. The van der Waals surface area contributed by atoms with Crippen molar-refractivity contribution in [2.45, 2.75) is 32.7 Å². The van der Waals surface area contributed by atoms with E-state index in [2.05, 4.69) is 179 Å². The van der Waals surface area contributed by atoms with Crippen LogP contribution in [0, 0.1) is 0 Å². The Morgan fingerprint density at radius 3 is 1.84 bits per heavy atom. The quantitative estimate of drug-likeness (QED) is 0.0978. The van der Waals surface area contributed by atoms with Gasteiger partial charge in [0.1, 0.15) is 0 Å². The summed E-state index contributed by atoms with van der Waals surface area (Å²) in [6, 6.07) is 62.5. The van der Waals surface area contributed by atoms with Crippen molar-refractivity contribution in [2.24, 2.45) is 15.0 Å². The van der Waals surface area contributed by atoms with Gasteiger partial charge in [-0.15, -0.1) is 0 Å². The highest BCUT2D eigenvalue weighted by Gasteiger charge is 2.16. The van der Waals surface area contributed by atoms with Gasteiger partial charge in [0.15, 0.2) is 5.84 Å². The molecule has 0 spiro atoms. The predicted molar refractivity (Wildman–Crippen MR) is 262 cm³/mol. The summed E-state index contributed by atoms with van der Waals surface area (Å²) in [5, 5.41) is 2.36. The number of fused-ring (bicyclic) bond motifs is 2. The molecule has 9 rings (SSSR count). The molecule has 1 unspecified atom stereocenters. The molecule has 294 valence electrons. The van der Waals surface area contributed by atoms with Crippen molar-refractivity contribution in [3.8, 4) is 44.5 Å². The molecule has 1 aliphatic rings. The Hall–Kier alpha value is -7.49. The lowest BCUT2D eigenvalue weighted by Gasteiger charge is -2.16. The monoisotopic (exact) mass is 785 g/mol. The predicted octanol–water partition coefficient (Wildman–Crippen LogP) is 15.5. The van der Waals surface area contributed by atoms with Gasteiger partial charge in [0.2, 0.25) is 0 Å². The maximum Gasteiger partial charge on any atom is 0.155 e. The summed E-state index contributed by atoms with van der Waals surface area (Å²) < 4.78 is 0. The van der Waals surface area contributed by atoms with E-state index in [0.29, 0.717) is 5.84 Å². The van der Waals surface area contributed by atoms with Crippen molar-refractivity contribution in [3.63, 3.8) is 0 Å². The van der Waals surface area contributed by atoms with Crippen LogP contribution in [0.25, 0.3) is 67.4 Å². The van der Waals surface area contributed by atoms with E-state index in [-0.39, 0.29) is 6.04 Å². The Morgan fingerprint density at radius 2 is 1.18 bits per heavy atom. The third-order valence-corrected chi connectivity index (χ3v) is 11.7. The lowest BCUT2D eigenvalue weighted by atomic mass is 9.89. The van der Waals surface area contributed by atoms with E-state index >= 15 is 0 Å². The van der Waals surface area contributed by atoms with Gasteiger partial charge in [-0.3, -0.25) is 9.98 Å². The fraction of sp³-hybridized carbons (Fsp3) is 0.0862. The van der Waals surface area contributed by atoms with E-state index in [1.54, 1.807) is 0 Å². The number of aryl methyl sites for hydroxylation is 1. The van der Waals surface area contributed by atoms with Gasteiger partial charge in [0.25, 0.3) is 0 Å². The lowest BCUT2D eigenvalue weighted by Crippen LogP contribution is -2.06. The zero-order valence-electron chi connectivity index (χ0n) is 34.7. The molecule has 0 saturated carbocycles. The Kier molecular flexibility index (Phi) is 11.1. The largest absolute Gasteiger partial charge is 0.260 e. The highest BCUT2D eigenvalue weighted by molar-refractivity contribution is 6.12. The average molecular weight is 786 g/mol. The van der Waals surface area contributed by atoms with E-state index in [0.717, 1.165) is 85.4 Å². The number of rotatable bonds is 10. The molecule has 0 amide bonds. The molecule has 3 heteroatoms. The fourth-order valence-corrected chi connectivity index (χ4v) is 8.43. The second kappa shape index (κ2) is 17.4. The molecule has 8 aromatic carbocycles. The van der Waals surface area contributed by atoms with Crippen LogP contribution in [0.1, 0.15) is 59.7 Å². The van der Waals surface area contributed by atoms with Gasteiger partial charge in [0.05, 0.1) is 11.7 Å². The summed E-state index contributed by atoms with van der Waals surface area (Å²) in [5.41, 5.74) is 17.7. The molecule has 0 N–H and O–H groups in total. The van der Waals surface area contributed by atoms with Crippen LogP contribution in [0.3, 0.4) is 0 Å². The molecule has 0 fully saturated rings. The standard InChI is InChI=1S/C58H47N3/c1-5-41-38-56(55-24-14-13-23-54(55)52(41)6-2)46-32-28-44(29-33-46)51-36-49(40(4)61-58(48-19-11-8-12-20-48)60-39(3)42-17-9-7-10-18-42)35-50(37-51)43-26-30-45(31-27-43)53-25-15-21-47-22-16-34-59-57(47)53/h5-15,17-21,23-39H,1-2,16,22H2,3-4H3. The van der Waals surface area contributed by atoms with E-state index in [1.807, 2.05) is 42.6 Å². The molecule has 1 atom stereocenters. The van der Waals surface area contributed by atoms with Crippen molar-refractivity contribution in [3.05, 3.63) is 222 Å². The number of amidine groups is 1. The molecule has 0 radical (unpaired) electrons. The second-order valence-corrected chi connectivity index (χ2v) is 15.6. The van der Waals surface area contributed by atoms with Crippen LogP contribution in [-0.2, 0) is 6.42 Å². The third kappa shape index (κ3) is 8.11. The maximum atomic E-state index is 5.30. The summed E-state index contributed by atoms with van der Waals surface area (Å²) in [7, 11) is 0. The molecule has 1 heterocycles. The summed E-state index contributed by atoms with van der Waals surface area (Å²) in [5.74, 6) is 0.706. The second-order valence-electron chi connectivity index (χ2n) is 15.6. The minimum atomic E-state index is -0.0690. The lowest BCUT2D eigenvalue weighted by molar-refractivity contribution is 0.818. The van der Waals surface area contributed by atoms with Crippen molar-refractivity contribution in [1.29, 1.82) is 0 Å². The molecule has 8 aromatic rings. The SMILES string of the molecule is C=Cc1cc(-c2ccc(-c3cc(C(C)=NC(=NC(C)c4ccccc4)c4ccccc4)cc(-c4ccc(-c5cccc6c5N=CCC6)cc4)c3)cc2)c2ccccc2c1C=C. The highest BCUT2D eigenvalue weighted by Crippen LogP contribution is 2.39. The first-order valence-corrected chi connectivity index (χ1v) is 21.0. The van der Waals surface area contributed by atoms with Gasteiger partial charge < -0.3 is 0 Å². The topological polar surface area (TPSA) is 37.1 Å². The normalized spacial score (nSPS) is 13.1. The number of para-hydroxylation sites is 1. The number of nitrogens with zero attached hydrogens (tertiary/aromatic N) is 3. The van der Waals surface area contributed by atoms with Crippen molar-refractivity contribution >= 4 is 46.4 Å². The Morgan fingerprint density at radius 1 is 0.574 bits per heavy atom. The van der Waals surface area contributed by atoms with Gasteiger partial charge in [-0.1, -0.05) is 177 Å². The minimum Gasteiger partial charge on any atom is -0.260 e. The molecule has 0 aliphatic carbocycles. The van der Waals surface area contributed by atoms with Gasteiger partial charge in [-0.05, 0) is 128 Å². The van der Waals surface area contributed by atoms with Gasteiger partial charge in [0, 0.05) is 23.1 Å². The molecule has 0 saturated heterocycles. The molecule has 1 aliphatic heterocycles. The van der Waals surface area contributed by atoms with Crippen LogP contribution >= 0.6 is 0 Å². The Labute approximate surface area is 359 Å². The number of benzene rings is 8.